The van der Waals surface area contributed by atoms with Crippen molar-refractivity contribution in [1.82, 2.24) is 19.7 Å². The zero-order chi connectivity index (χ0) is 20.8. The van der Waals surface area contributed by atoms with Gasteiger partial charge < -0.3 is 9.64 Å². The minimum Gasteiger partial charge on any atom is -0.497 e. The van der Waals surface area contributed by atoms with E-state index in [1.165, 1.54) is 11.8 Å². The number of carbonyl (C=O) groups excluding carboxylic acids is 1. The van der Waals surface area contributed by atoms with Gasteiger partial charge in [-0.2, -0.15) is 0 Å². The molecular weight excluding hydrogens is 384 g/mol. The second-order valence-corrected chi connectivity index (χ2v) is 7.78. The van der Waals surface area contributed by atoms with Crippen LogP contribution < -0.4 is 4.74 Å². The monoisotopic (exact) mass is 410 g/mol. The molecule has 0 fully saturated rings. The Morgan fingerprint density at radius 2 is 1.72 bits per heavy atom. The number of carbonyl (C=O) groups is 1. The van der Waals surface area contributed by atoms with Gasteiger partial charge in [0.2, 0.25) is 5.91 Å². The molecule has 0 saturated heterocycles. The Morgan fingerprint density at radius 3 is 2.31 bits per heavy atom. The van der Waals surface area contributed by atoms with Crippen molar-refractivity contribution in [3.8, 4) is 22.8 Å². The molecule has 1 atom stereocenters. The molecule has 0 N–H and O–H groups in total. The first-order valence-electron chi connectivity index (χ1n) is 9.69. The number of hydrogen-bond donors (Lipinski definition) is 0. The minimum atomic E-state index is -0.259. The highest BCUT2D eigenvalue weighted by atomic mass is 32.2. The Hall–Kier alpha value is -2.80. The molecule has 0 aliphatic rings. The average molecular weight is 411 g/mol. The zero-order valence-corrected chi connectivity index (χ0v) is 18.0. The van der Waals surface area contributed by atoms with Crippen LogP contribution in [0.5, 0.6) is 5.75 Å². The molecule has 1 amide bonds. The fourth-order valence-corrected chi connectivity index (χ4v) is 4.04. The summed E-state index contributed by atoms with van der Waals surface area (Å²) >= 11 is 1.43. The second kappa shape index (κ2) is 9.60. The molecule has 1 aromatic heterocycles. The number of amides is 1. The van der Waals surface area contributed by atoms with Gasteiger partial charge in [0.05, 0.1) is 12.4 Å². The predicted octanol–water partition coefficient (Wildman–Crippen LogP) is 4.29. The van der Waals surface area contributed by atoms with Crippen LogP contribution in [0.2, 0.25) is 0 Å². The number of nitrogens with zero attached hydrogens (tertiary/aromatic N) is 4. The largest absolute Gasteiger partial charge is 0.497 e. The Morgan fingerprint density at radius 1 is 1.07 bits per heavy atom. The first kappa shape index (κ1) is 20.9. The van der Waals surface area contributed by atoms with Crippen LogP contribution in [0.15, 0.2) is 59.8 Å². The third kappa shape index (κ3) is 4.62. The minimum absolute atomic E-state index is 0.105. The van der Waals surface area contributed by atoms with Gasteiger partial charge in [-0.15, -0.1) is 10.2 Å². The summed E-state index contributed by atoms with van der Waals surface area (Å²) in [7, 11) is 1.64. The summed E-state index contributed by atoms with van der Waals surface area (Å²) in [6.07, 6.45) is 0. The maximum Gasteiger partial charge on any atom is 0.235 e. The van der Waals surface area contributed by atoms with Gasteiger partial charge in [-0.1, -0.05) is 30.0 Å². The third-order valence-electron chi connectivity index (χ3n) is 4.70. The summed E-state index contributed by atoms with van der Waals surface area (Å²) in [6.45, 7) is 7.30. The number of methoxy groups -OCH3 is 1. The number of thioether (sulfide) groups is 1. The van der Waals surface area contributed by atoms with Gasteiger partial charge in [-0.05, 0) is 57.2 Å². The molecule has 2 aromatic carbocycles. The van der Waals surface area contributed by atoms with E-state index in [-0.39, 0.29) is 11.2 Å². The van der Waals surface area contributed by atoms with Crippen molar-refractivity contribution in [2.45, 2.75) is 31.2 Å². The fourth-order valence-electron chi connectivity index (χ4n) is 3.08. The van der Waals surface area contributed by atoms with E-state index in [2.05, 4.69) is 10.2 Å². The summed E-state index contributed by atoms with van der Waals surface area (Å²) < 4.78 is 7.26. The van der Waals surface area contributed by atoms with Crippen LogP contribution in [0.3, 0.4) is 0 Å². The van der Waals surface area contributed by atoms with Crippen molar-refractivity contribution in [3.63, 3.8) is 0 Å². The normalized spacial score (nSPS) is 11.9. The van der Waals surface area contributed by atoms with Crippen LogP contribution >= 0.6 is 11.8 Å². The standard InChI is InChI=1S/C22H26N4O2S/c1-5-25(6-2)21(27)16(3)29-22-24-23-20(17-12-14-19(28-4)15-13-17)26(22)18-10-8-7-9-11-18/h7-16H,5-6H2,1-4H3. The van der Waals surface area contributed by atoms with Crippen molar-refractivity contribution in [3.05, 3.63) is 54.6 Å². The number of para-hydroxylation sites is 1. The lowest BCUT2D eigenvalue weighted by atomic mass is 10.2. The summed E-state index contributed by atoms with van der Waals surface area (Å²) in [4.78, 5) is 14.6. The molecule has 152 valence electrons. The van der Waals surface area contributed by atoms with E-state index in [4.69, 9.17) is 4.74 Å². The number of benzene rings is 2. The van der Waals surface area contributed by atoms with Gasteiger partial charge in [0, 0.05) is 24.3 Å². The van der Waals surface area contributed by atoms with Crippen molar-refractivity contribution in [2.75, 3.05) is 20.2 Å². The molecule has 3 rings (SSSR count). The van der Waals surface area contributed by atoms with Gasteiger partial charge in [0.25, 0.3) is 0 Å². The van der Waals surface area contributed by atoms with Gasteiger partial charge in [0.15, 0.2) is 11.0 Å². The van der Waals surface area contributed by atoms with E-state index in [0.29, 0.717) is 18.2 Å². The predicted molar refractivity (Wildman–Crippen MR) is 117 cm³/mol. The molecule has 6 nitrogen and oxygen atoms in total. The van der Waals surface area contributed by atoms with Crippen LogP contribution in [0.25, 0.3) is 17.1 Å². The average Bonchev–Trinajstić information content (AvgIpc) is 3.18. The highest BCUT2D eigenvalue weighted by molar-refractivity contribution is 8.00. The second-order valence-electron chi connectivity index (χ2n) is 6.48. The number of rotatable bonds is 8. The van der Waals surface area contributed by atoms with E-state index >= 15 is 0 Å². The first-order chi connectivity index (χ1) is 14.1. The fraction of sp³-hybridized carbons (Fsp3) is 0.318. The Kier molecular flexibility index (Phi) is 6.93. The SMILES string of the molecule is CCN(CC)C(=O)C(C)Sc1nnc(-c2ccc(OC)cc2)n1-c1ccccc1. The molecule has 0 aliphatic heterocycles. The lowest BCUT2D eigenvalue weighted by Crippen LogP contribution is -2.36. The van der Waals surface area contributed by atoms with Gasteiger partial charge in [-0.3, -0.25) is 9.36 Å². The molecule has 3 aromatic rings. The first-order valence-corrected chi connectivity index (χ1v) is 10.6. The van der Waals surface area contributed by atoms with Gasteiger partial charge in [-0.25, -0.2) is 0 Å². The molecule has 7 heteroatoms. The summed E-state index contributed by atoms with van der Waals surface area (Å²) in [6, 6.07) is 17.7. The van der Waals surface area contributed by atoms with Crippen LogP contribution in [0.4, 0.5) is 0 Å². The Balaban J connectivity index is 1.99. The smallest absolute Gasteiger partial charge is 0.235 e. The summed E-state index contributed by atoms with van der Waals surface area (Å²) in [5, 5.41) is 9.29. The molecule has 0 radical (unpaired) electrons. The molecule has 0 aliphatic carbocycles. The molecule has 0 bridgehead atoms. The number of hydrogen-bond acceptors (Lipinski definition) is 5. The van der Waals surface area contributed by atoms with E-state index in [1.54, 1.807) is 7.11 Å². The maximum atomic E-state index is 12.7. The molecule has 1 unspecified atom stereocenters. The van der Waals surface area contributed by atoms with Crippen LogP contribution in [-0.4, -0.2) is 51.0 Å². The molecule has 0 spiro atoms. The van der Waals surface area contributed by atoms with Crippen molar-refractivity contribution >= 4 is 17.7 Å². The zero-order valence-electron chi connectivity index (χ0n) is 17.2. The van der Waals surface area contributed by atoms with Crippen molar-refractivity contribution < 1.29 is 9.53 Å². The number of ether oxygens (including phenoxy) is 1. The highest BCUT2D eigenvalue weighted by Crippen LogP contribution is 2.31. The quantitative estimate of drug-likeness (QED) is 0.519. The van der Waals surface area contributed by atoms with Crippen molar-refractivity contribution in [1.29, 1.82) is 0 Å². The van der Waals surface area contributed by atoms with Crippen LogP contribution in [-0.2, 0) is 4.79 Å². The lowest BCUT2D eigenvalue weighted by Gasteiger charge is -2.22. The van der Waals surface area contributed by atoms with Crippen LogP contribution in [0.1, 0.15) is 20.8 Å². The van der Waals surface area contributed by atoms with E-state index in [9.17, 15) is 4.79 Å². The van der Waals surface area contributed by atoms with E-state index in [0.717, 1.165) is 22.8 Å². The third-order valence-corrected chi connectivity index (χ3v) is 5.73. The maximum absolute atomic E-state index is 12.7. The lowest BCUT2D eigenvalue weighted by molar-refractivity contribution is -0.129. The summed E-state index contributed by atoms with van der Waals surface area (Å²) in [5.74, 6) is 1.62. The number of aromatic nitrogens is 3. The molecular formula is C22H26N4O2S. The van der Waals surface area contributed by atoms with E-state index < -0.39 is 0 Å². The van der Waals surface area contributed by atoms with E-state index in [1.807, 2.05) is 84.8 Å². The Labute approximate surface area is 175 Å². The van der Waals surface area contributed by atoms with Gasteiger partial charge in [0.1, 0.15) is 5.75 Å². The van der Waals surface area contributed by atoms with Crippen LogP contribution in [0, 0.1) is 0 Å². The van der Waals surface area contributed by atoms with Crippen molar-refractivity contribution in [2.24, 2.45) is 0 Å². The highest BCUT2D eigenvalue weighted by Gasteiger charge is 2.24. The topological polar surface area (TPSA) is 60.3 Å². The Bertz CT molecular complexity index is 937. The van der Waals surface area contributed by atoms with Gasteiger partial charge >= 0.3 is 0 Å². The molecule has 0 saturated carbocycles. The molecule has 29 heavy (non-hydrogen) atoms. The molecule has 1 heterocycles. The summed E-state index contributed by atoms with van der Waals surface area (Å²) in [5.41, 5.74) is 1.88.